The zero-order chi connectivity index (χ0) is 16.8. The van der Waals surface area contributed by atoms with Crippen molar-refractivity contribution in [2.24, 2.45) is 0 Å². The minimum Gasteiger partial charge on any atom is -0.480 e. The van der Waals surface area contributed by atoms with Gasteiger partial charge < -0.3 is 10.0 Å². The first-order chi connectivity index (χ1) is 11.0. The van der Waals surface area contributed by atoms with Crippen molar-refractivity contribution in [2.45, 2.75) is 58.0 Å². The van der Waals surface area contributed by atoms with Gasteiger partial charge in [-0.15, -0.1) is 12.4 Å². The van der Waals surface area contributed by atoms with Crippen molar-refractivity contribution >= 4 is 24.3 Å². The van der Waals surface area contributed by atoms with E-state index in [4.69, 9.17) is 5.11 Å². The number of nitrogens with zero attached hydrogens (tertiary/aromatic N) is 3. The number of carboxylic acids is 1. The lowest BCUT2D eigenvalue weighted by Gasteiger charge is -2.39. The van der Waals surface area contributed by atoms with Gasteiger partial charge in [0, 0.05) is 31.7 Å². The average molecular weight is 362 g/mol. The number of halogens is 1. The highest BCUT2D eigenvalue weighted by Crippen LogP contribution is 2.19. The van der Waals surface area contributed by atoms with Gasteiger partial charge in [-0.2, -0.15) is 0 Å². The molecule has 0 aliphatic carbocycles. The van der Waals surface area contributed by atoms with Crippen LogP contribution in [0.2, 0.25) is 0 Å². The van der Waals surface area contributed by atoms with Crippen LogP contribution in [-0.2, 0) is 9.59 Å². The zero-order valence-corrected chi connectivity index (χ0v) is 15.8. The van der Waals surface area contributed by atoms with E-state index in [9.17, 15) is 9.59 Å². The lowest BCUT2D eigenvalue weighted by Crippen LogP contribution is -2.51. The van der Waals surface area contributed by atoms with Gasteiger partial charge in [0.1, 0.15) is 0 Å². The molecule has 2 heterocycles. The fourth-order valence-corrected chi connectivity index (χ4v) is 3.87. The first kappa shape index (κ1) is 21.2. The van der Waals surface area contributed by atoms with Gasteiger partial charge in [-0.25, -0.2) is 0 Å². The molecule has 2 saturated heterocycles. The Hall–Kier alpha value is -0.850. The van der Waals surface area contributed by atoms with Crippen LogP contribution in [0.5, 0.6) is 0 Å². The maximum atomic E-state index is 12.5. The van der Waals surface area contributed by atoms with E-state index in [1.807, 2.05) is 16.7 Å². The quantitative estimate of drug-likeness (QED) is 0.779. The Morgan fingerprint density at radius 1 is 1.12 bits per heavy atom. The first-order valence-corrected chi connectivity index (χ1v) is 8.99. The predicted octanol–water partition coefficient (Wildman–Crippen LogP) is 1.68. The number of piperidine rings is 2. The van der Waals surface area contributed by atoms with Gasteiger partial charge in [0.25, 0.3) is 0 Å². The molecule has 1 N–H and O–H groups in total. The van der Waals surface area contributed by atoms with Gasteiger partial charge in [-0.05, 0) is 45.6 Å². The van der Waals surface area contributed by atoms with Crippen molar-refractivity contribution in [2.75, 3.05) is 39.3 Å². The van der Waals surface area contributed by atoms with Crippen LogP contribution in [0, 0.1) is 0 Å². The monoisotopic (exact) mass is 361 g/mol. The molecule has 24 heavy (non-hydrogen) atoms. The Morgan fingerprint density at radius 3 is 2.33 bits per heavy atom. The van der Waals surface area contributed by atoms with E-state index in [1.165, 1.54) is 6.42 Å². The molecule has 0 radical (unpaired) electrons. The molecule has 2 aliphatic rings. The van der Waals surface area contributed by atoms with Crippen molar-refractivity contribution in [3.8, 4) is 0 Å². The smallest absolute Gasteiger partial charge is 0.317 e. The summed E-state index contributed by atoms with van der Waals surface area (Å²) in [5, 5.41) is 8.98. The van der Waals surface area contributed by atoms with Crippen LogP contribution in [0.25, 0.3) is 0 Å². The minimum absolute atomic E-state index is 0. The van der Waals surface area contributed by atoms with Gasteiger partial charge in [-0.3, -0.25) is 19.4 Å². The summed E-state index contributed by atoms with van der Waals surface area (Å²) in [5.41, 5.74) is 0. The second-order valence-corrected chi connectivity index (χ2v) is 6.90. The Morgan fingerprint density at radius 2 is 1.79 bits per heavy atom. The largest absolute Gasteiger partial charge is 0.480 e. The van der Waals surface area contributed by atoms with Crippen molar-refractivity contribution in [3.63, 3.8) is 0 Å². The summed E-state index contributed by atoms with van der Waals surface area (Å²) >= 11 is 0. The number of amides is 1. The number of carbonyl (C=O) groups excluding carboxylic acids is 1. The van der Waals surface area contributed by atoms with Gasteiger partial charge in [0.15, 0.2) is 0 Å². The summed E-state index contributed by atoms with van der Waals surface area (Å²) in [5.74, 6) is -0.503. The molecule has 0 saturated carbocycles. The van der Waals surface area contributed by atoms with E-state index in [-0.39, 0.29) is 24.9 Å². The molecule has 7 heteroatoms. The molecule has 0 bridgehead atoms. The number of carbonyl (C=O) groups is 2. The molecule has 140 valence electrons. The third kappa shape index (κ3) is 5.90. The van der Waals surface area contributed by atoms with Crippen molar-refractivity contribution in [1.82, 2.24) is 14.7 Å². The highest BCUT2D eigenvalue weighted by molar-refractivity contribution is 5.85. The average Bonchev–Trinajstić information content (AvgIpc) is 2.53. The fourth-order valence-electron chi connectivity index (χ4n) is 3.87. The van der Waals surface area contributed by atoms with E-state index in [1.54, 1.807) is 0 Å². The molecule has 1 amide bonds. The number of hydrogen-bond acceptors (Lipinski definition) is 4. The second-order valence-electron chi connectivity index (χ2n) is 6.90. The Kier molecular flexibility index (Phi) is 9.02. The summed E-state index contributed by atoms with van der Waals surface area (Å²) in [4.78, 5) is 29.7. The molecule has 6 nitrogen and oxygen atoms in total. The van der Waals surface area contributed by atoms with Gasteiger partial charge in [-0.1, -0.05) is 6.92 Å². The molecule has 2 fully saturated rings. The number of likely N-dealkylation sites (N-methyl/N-ethyl adjacent to an activating group) is 1. The number of likely N-dealkylation sites (tertiary alicyclic amines) is 2. The third-order valence-corrected chi connectivity index (χ3v) is 5.30. The summed E-state index contributed by atoms with van der Waals surface area (Å²) in [6, 6.07) is 0.705. The summed E-state index contributed by atoms with van der Waals surface area (Å²) in [7, 11) is 0. The third-order valence-electron chi connectivity index (χ3n) is 5.30. The molecule has 1 unspecified atom stereocenters. The molecule has 0 aromatic rings. The first-order valence-electron chi connectivity index (χ1n) is 8.99. The van der Waals surface area contributed by atoms with E-state index in [2.05, 4.69) is 11.8 Å². The standard InChI is InChI=1S/C17H31N3O3.ClH/c1-3-19(13-17(22)23)15-7-10-18(11-8-15)12-16(21)20-9-5-4-6-14(20)2;/h14-15H,3-13H2,1-2H3,(H,22,23);1H. The molecule has 0 aromatic heterocycles. The van der Waals surface area contributed by atoms with Crippen LogP contribution < -0.4 is 0 Å². The Labute approximate surface area is 151 Å². The van der Waals surface area contributed by atoms with Crippen molar-refractivity contribution in [1.29, 1.82) is 0 Å². The zero-order valence-electron chi connectivity index (χ0n) is 14.9. The number of hydrogen-bond donors (Lipinski definition) is 1. The minimum atomic E-state index is -0.761. The maximum absolute atomic E-state index is 12.5. The van der Waals surface area contributed by atoms with Crippen LogP contribution in [0.1, 0.15) is 46.0 Å². The number of aliphatic carboxylic acids is 1. The fraction of sp³-hybridized carbons (Fsp3) is 0.882. The van der Waals surface area contributed by atoms with E-state index in [0.29, 0.717) is 18.6 Å². The lowest BCUT2D eigenvalue weighted by molar-refractivity contribution is -0.139. The van der Waals surface area contributed by atoms with Crippen molar-refractivity contribution < 1.29 is 14.7 Å². The highest BCUT2D eigenvalue weighted by Gasteiger charge is 2.28. The lowest BCUT2D eigenvalue weighted by atomic mass is 10.0. The van der Waals surface area contributed by atoms with E-state index < -0.39 is 5.97 Å². The maximum Gasteiger partial charge on any atom is 0.317 e. The van der Waals surface area contributed by atoms with E-state index in [0.717, 1.165) is 51.9 Å². The molecule has 2 rings (SSSR count). The second kappa shape index (κ2) is 10.2. The molecule has 0 spiro atoms. The molecular weight excluding hydrogens is 330 g/mol. The van der Waals surface area contributed by atoms with E-state index >= 15 is 0 Å². The van der Waals surface area contributed by atoms with Crippen LogP contribution in [0.4, 0.5) is 0 Å². The van der Waals surface area contributed by atoms with Crippen LogP contribution in [0.15, 0.2) is 0 Å². The highest BCUT2D eigenvalue weighted by atomic mass is 35.5. The Bertz CT molecular complexity index is 414. The molecule has 0 aromatic carbocycles. The summed E-state index contributed by atoms with van der Waals surface area (Å²) in [6.07, 6.45) is 5.37. The van der Waals surface area contributed by atoms with Crippen molar-refractivity contribution in [3.05, 3.63) is 0 Å². The predicted molar refractivity (Wildman–Crippen MR) is 96.6 cm³/mol. The van der Waals surface area contributed by atoms with Crippen LogP contribution in [-0.4, -0.2) is 83.0 Å². The topological polar surface area (TPSA) is 64.1 Å². The molecular formula is C17H32ClN3O3. The summed E-state index contributed by atoms with van der Waals surface area (Å²) < 4.78 is 0. The SMILES string of the molecule is CCN(CC(=O)O)C1CCN(CC(=O)N2CCCCC2C)CC1.Cl. The Balaban J connectivity index is 0.00000288. The van der Waals surface area contributed by atoms with Gasteiger partial charge >= 0.3 is 5.97 Å². The molecule has 1 atom stereocenters. The summed E-state index contributed by atoms with van der Waals surface area (Å²) in [6.45, 7) is 8.22. The number of rotatable bonds is 6. The number of carboxylic acid groups (broad SMARTS) is 1. The van der Waals surface area contributed by atoms with Crippen LogP contribution in [0.3, 0.4) is 0 Å². The van der Waals surface area contributed by atoms with Gasteiger partial charge in [0.2, 0.25) is 5.91 Å². The van der Waals surface area contributed by atoms with Gasteiger partial charge in [0.05, 0.1) is 13.1 Å². The molecule has 2 aliphatic heterocycles. The normalized spacial score (nSPS) is 23.1. The van der Waals surface area contributed by atoms with Crippen LogP contribution >= 0.6 is 12.4 Å².